The molecule has 208 valence electrons. The molecule has 0 spiro atoms. The van der Waals surface area contributed by atoms with Gasteiger partial charge in [-0.15, -0.1) is 0 Å². The third-order valence-corrected chi connectivity index (χ3v) is 9.52. The van der Waals surface area contributed by atoms with Gasteiger partial charge in [-0.1, -0.05) is 46.8 Å². The molecule has 2 N–H and O–H groups in total. The fourth-order valence-corrected chi connectivity index (χ4v) is 7.68. The van der Waals surface area contributed by atoms with Gasteiger partial charge in [0, 0.05) is 21.5 Å². The Morgan fingerprint density at radius 3 is 2.49 bits per heavy atom. The lowest BCUT2D eigenvalue weighted by Crippen LogP contribution is -2.32. The van der Waals surface area contributed by atoms with Crippen molar-refractivity contribution in [3.05, 3.63) is 97.9 Å². The number of aromatic amines is 1. The van der Waals surface area contributed by atoms with Crippen LogP contribution in [0.25, 0.3) is 0 Å². The van der Waals surface area contributed by atoms with Gasteiger partial charge in [0.05, 0.1) is 23.7 Å². The number of hydrogen-bond donors (Lipinski definition) is 2. The van der Waals surface area contributed by atoms with Crippen LogP contribution >= 0.6 is 34.7 Å². The first-order valence-corrected chi connectivity index (χ1v) is 14.6. The van der Waals surface area contributed by atoms with E-state index in [1.54, 1.807) is 73.8 Å². The summed E-state index contributed by atoms with van der Waals surface area (Å²) in [5, 5.41) is 3.16. The van der Waals surface area contributed by atoms with E-state index in [4.69, 9.17) is 21.1 Å². The summed E-state index contributed by atoms with van der Waals surface area (Å²) in [7, 11) is 1.54. The van der Waals surface area contributed by atoms with E-state index >= 15 is 0 Å². The molecular weight excluding hydrogens is 586 g/mol. The zero-order chi connectivity index (χ0) is 28.7. The topological polar surface area (TPSA) is 118 Å². The summed E-state index contributed by atoms with van der Waals surface area (Å²) in [5.74, 6) is -1.33. The molecule has 4 aromatic rings. The summed E-state index contributed by atoms with van der Waals surface area (Å²) in [6.45, 7) is -0.246. The molecule has 2 unspecified atom stereocenters. The van der Waals surface area contributed by atoms with Crippen LogP contribution in [0.3, 0.4) is 0 Å². The molecule has 0 bridgehead atoms. The number of carbonyl (C=O) groups is 3. The number of thiazole rings is 1. The number of ether oxygens (including phenoxy) is 2. The molecule has 41 heavy (non-hydrogen) atoms. The highest BCUT2D eigenvalue weighted by Gasteiger charge is 2.56. The number of halogens is 1. The number of methoxy groups -OCH3 is 1. The summed E-state index contributed by atoms with van der Waals surface area (Å²) in [6.07, 6.45) is 0. The first kappa shape index (κ1) is 27.1. The van der Waals surface area contributed by atoms with E-state index < -0.39 is 17.1 Å². The molecule has 3 amide bonds. The van der Waals surface area contributed by atoms with Crippen molar-refractivity contribution in [3.8, 4) is 11.5 Å². The Labute approximate surface area is 247 Å². The van der Waals surface area contributed by atoms with Crippen molar-refractivity contribution in [2.75, 3.05) is 23.9 Å². The predicted molar refractivity (Wildman–Crippen MR) is 157 cm³/mol. The van der Waals surface area contributed by atoms with Crippen LogP contribution in [0.5, 0.6) is 11.5 Å². The van der Waals surface area contributed by atoms with Crippen LogP contribution in [0.15, 0.2) is 82.6 Å². The summed E-state index contributed by atoms with van der Waals surface area (Å²) in [6, 6.07) is 20.5. The summed E-state index contributed by atoms with van der Waals surface area (Å²) < 4.78 is 11.0. The van der Waals surface area contributed by atoms with E-state index in [0.29, 0.717) is 43.4 Å². The predicted octanol–water partition coefficient (Wildman–Crippen LogP) is 4.91. The van der Waals surface area contributed by atoms with Crippen molar-refractivity contribution >= 4 is 63.8 Å². The zero-order valence-corrected chi connectivity index (χ0v) is 23.8. The monoisotopic (exact) mass is 607 g/mol. The quantitative estimate of drug-likeness (QED) is 0.287. The molecule has 0 aliphatic carbocycles. The number of amides is 3. The van der Waals surface area contributed by atoms with E-state index in [1.807, 2.05) is 6.07 Å². The third-order valence-electron chi connectivity index (χ3n) is 6.87. The fraction of sp³-hybridized carbons (Fsp3) is 0.172. The third kappa shape index (κ3) is 5.23. The number of aromatic nitrogens is 1. The van der Waals surface area contributed by atoms with Gasteiger partial charge in [-0.3, -0.25) is 19.2 Å². The molecule has 6 rings (SSSR count). The Hall–Kier alpha value is -4.06. The molecule has 1 fully saturated rings. The summed E-state index contributed by atoms with van der Waals surface area (Å²) in [5.41, 5.74) is 1.74. The van der Waals surface area contributed by atoms with E-state index in [1.165, 1.54) is 16.7 Å². The molecule has 3 heterocycles. The van der Waals surface area contributed by atoms with Gasteiger partial charge in [-0.05, 0) is 66.2 Å². The number of H-pyrrole nitrogens is 1. The molecular formula is C29H22ClN3O6S2. The Bertz CT molecular complexity index is 1700. The van der Waals surface area contributed by atoms with Gasteiger partial charge >= 0.3 is 4.87 Å². The lowest BCUT2D eigenvalue weighted by Gasteiger charge is -2.30. The van der Waals surface area contributed by atoms with Crippen molar-refractivity contribution in [3.63, 3.8) is 0 Å². The van der Waals surface area contributed by atoms with Crippen molar-refractivity contribution in [1.29, 1.82) is 0 Å². The minimum Gasteiger partial charge on any atom is -0.497 e. The minimum absolute atomic E-state index is 0.246. The van der Waals surface area contributed by atoms with Crippen molar-refractivity contribution in [1.82, 2.24) is 4.98 Å². The summed E-state index contributed by atoms with van der Waals surface area (Å²) >= 11 is 8.14. The number of thioether (sulfide) groups is 1. The van der Waals surface area contributed by atoms with E-state index in [0.717, 1.165) is 11.3 Å². The average molecular weight is 608 g/mol. The standard InChI is InChI=1S/C29H22ClN3O6S2/c1-38-19-11-9-18(10-12-19)33-27(35)23-22(24-26(32-29(37)41-24)40-25(23)28(33)36)15-3-2-4-20(13-15)39-14-21(34)31-17-7-5-16(30)6-8-17/h2-13,22-23,25H,14H2,1H3,(H,31,34)(H,32,37)/t22-,23?,25?/m1/s1. The molecule has 3 atom stereocenters. The number of hydrogen-bond acceptors (Lipinski definition) is 8. The van der Waals surface area contributed by atoms with E-state index in [9.17, 15) is 19.2 Å². The molecule has 9 nitrogen and oxygen atoms in total. The minimum atomic E-state index is -0.739. The van der Waals surface area contributed by atoms with Gasteiger partial charge in [-0.25, -0.2) is 4.90 Å². The van der Waals surface area contributed by atoms with Gasteiger partial charge in [0.2, 0.25) is 11.8 Å². The first-order valence-electron chi connectivity index (χ1n) is 12.5. The van der Waals surface area contributed by atoms with Gasteiger partial charge in [0.1, 0.15) is 16.7 Å². The smallest absolute Gasteiger partial charge is 0.305 e. The fourth-order valence-electron chi connectivity index (χ4n) is 5.04. The van der Waals surface area contributed by atoms with Gasteiger partial charge in [0.25, 0.3) is 5.91 Å². The first-order chi connectivity index (χ1) is 19.8. The molecule has 0 radical (unpaired) electrons. The van der Waals surface area contributed by atoms with Crippen molar-refractivity contribution in [2.45, 2.75) is 16.2 Å². The number of rotatable bonds is 7. The number of fused-ring (bicyclic) bond motifs is 2. The number of anilines is 2. The Balaban J connectivity index is 1.28. The van der Waals surface area contributed by atoms with Crippen LogP contribution in [-0.2, 0) is 14.4 Å². The van der Waals surface area contributed by atoms with E-state index in [-0.39, 0.29) is 29.2 Å². The molecule has 3 aromatic carbocycles. The number of nitrogens with zero attached hydrogens (tertiary/aromatic N) is 1. The Morgan fingerprint density at radius 1 is 1.00 bits per heavy atom. The van der Waals surface area contributed by atoms with Crippen molar-refractivity contribution in [2.24, 2.45) is 5.92 Å². The number of imide groups is 1. The number of nitrogens with one attached hydrogen (secondary N) is 2. The molecule has 2 aliphatic heterocycles. The Morgan fingerprint density at radius 2 is 1.76 bits per heavy atom. The largest absolute Gasteiger partial charge is 0.497 e. The Kier molecular flexibility index (Phi) is 7.33. The second-order valence-corrected chi connectivity index (χ2v) is 12.0. The summed E-state index contributed by atoms with van der Waals surface area (Å²) in [4.78, 5) is 56.8. The van der Waals surface area contributed by atoms with E-state index in [2.05, 4.69) is 10.3 Å². The molecule has 2 aliphatic rings. The van der Waals surface area contributed by atoms with Crippen LogP contribution < -0.4 is 24.6 Å². The second-order valence-electron chi connectivity index (χ2n) is 9.38. The number of benzene rings is 3. The maximum absolute atomic E-state index is 13.9. The maximum Gasteiger partial charge on any atom is 0.305 e. The van der Waals surface area contributed by atoms with Crippen molar-refractivity contribution < 1.29 is 23.9 Å². The number of carbonyl (C=O) groups excluding carboxylic acids is 3. The highest BCUT2D eigenvalue weighted by Crippen LogP contribution is 2.53. The normalized spacial score (nSPS) is 19.5. The van der Waals surface area contributed by atoms with Crippen LogP contribution in [0.4, 0.5) is 11.4 Å². The van der Waals surface area contributed by atoms with Crippen LogP contribution in [0, 0.1) is 5.92 Å². The highest BCUT2D eigenvalue weighted by atomic mass is 35.5. The van der Waals surface area contributed by atoms with Crippen LogP contribution in [-0.4, -0.2) is 41.7 Å². The van der Waals surface area contributed by atoms with Crippen LogP contribution in [0.2, 0.25) is 5.02 Å². The van der Waals surface area contributed by atoms with Crippen LogP contribution in [0.1, 0.15) is 16.4 Å². The van der Waals surface area contributed by atoms with Gasteiger partial charge in [-0.2, -0.15) is 0 Å². The molecule has 1 aromatic heterocycles. The molecule has 12 heteroatoms. The highest BCUT2D eigenvalue weighted by molar-refractivity contribution is 8.00. The SMILES string of the molecule is COc1ccc(N2C(=O)C3Sc4[nH]c(=O)sc4[C@H](c4cccc(OCC(=O)Nc5ccc(Cl)cc5)c4)C3C2=O)cc1. The second kappa shape index (κ2) is 11.1. The lowest BCUT2D eigenvalue weighted by molar-refractivity contribution is -0.122. The lowest BCUT2D eigenvalue weighted by atomic mass is 9.83. The zero-order valence-electron chi connectivity index (χ0n) is 21.5. The maximum atomic E-state index is 13.9. The van der Waals surface area contributed by atoms with Gasteiger partial charge < -0.3 is 19.8 Å². The molecule has 1 saturated heterocycles. The van der Waals surface area contributed by atoms with Gasteiger partial charge in [0.15, 0.2) is 6.61 Å². The molecule has 0 saturated carbocycles. The average Bonchev–Trinajstić information content (AvgIpc) is 3.47.